The van der Waals surface area contributed by atoms with Crippen LogP contribution in [0.5, 0.6) is 0 Å². The minimum atomic E-state index is -0.299. The number of hydrogen-bond acceptors (Lipinski definition) is 6. The van der Waals surface area contributed by atoms with Crippen molar-refractivity contribution in [3.63, 3.8) is 0 Å². The van der Waals surface area contributed by atoms with Crippen molar-refractivity contribution in [3.05, 3.63) is 102 Å². The SMILES string of the molecule is C[C@H]1NCN=C(C(=O)Nc2ccc(-c3ccc(F)cc3)nc2)c2cc(-c3cncc(CN4CCCCC4)c3)ccc21. The van der Waals surface area contributed by atoms with Gasteiger partial charge in [0.25, 0.3) is 5.91 Å². The molecule has 8 heteroatoms. The minimum absolute atomic E-state index is 0.0355. The molecule has 0 radical (unpaired) electrons. The lowest BCUT2D eigenvalue weighted by Gasteiger charge is -2.26. The van der Waals surface area contributed by atoms with Crippen LogP contribution >= 0.6 is 0 Å². The third-order valence-corrected chi connectivity index (χ3v) is 7.77. The van der Waals surface area contributed by atoms with E-state index < -0.39 is 0 Å². The maximum atomic E-state index is 13.5. The molecule has 2 aliphatic rings. The number of likely N-dealkylation sites (tertiary alicyclic amines) is 1. The molecule has 0 bridgehead atoms. The number of pyridine rings is 2. The van der Waals surface area contributed by atoms with Gasteiger partial charge in [0.2, 0.25) is 0 Å². The second-order valence-corrected chi connectivity index (χ2v) is 10.7. The number of rotatable bonds is 6. The van der Waals surface area contributed by atoms with Crippen LogP contribution in [0.3, 0.4) is 0 Å². The van der Waals surface area contributed by atoms with E-state index >= 15 is 0 Å². The molecule has 2 aromatic heterocycles. The van der Waals surface area contributed by atoms with Crippen LogP contribution in [0.15, 0.2) is 84.2 Å². The summed E-state index contributed by atoms with van der Waals surface area (Å²) in [5.74, 6) is -0.594. The van der Waals surface area contributed by atoms with E-state index in [-0.39, 0.29) is 17.8 Å². The van der Waals surface area contributed by atoms with Crippen LogP contribution in [0.25, 0.3) is 22.4 Å². The first-order valence-corrected chi connectivity index (χ1v) is 14.2. The summed E-state index contributed by atoms with van der Waals surface area (Å²) in [6.45, 7) is 5.58. The van der Waals surface area contributed by atoms with E-state index in [2.05, 4.69) is 61.7 Å². The van der Waals surface area contributed by atoms with Gasteiger partial charge in [-0.1, -0.05) is 18.6 Å². The molecule has 2 aliphatic heterocycles. The van der Waals surface area contributed by atoms with E-state index in [1.54, 1.807) is 30.5 Å². The molecule has 1 amide bonds. The molecule has 0 spiro atoms. The summed E-state index contributed by atoms with van der Waals surface area (Å²) in [6, 6.07) is 18.2. The molecule has 0 aliphatic carbocycles. The lowest BCUT2D eigenvalue weighted by molar-refractivity contribution is -0.110. The second kappa shape index (κ2) is 12.1. The molecular formula is C33H33FN6O. The Labute approximate surface area is 239 Å². The topological polar surface area (TPSA) is 82.5 Å². The van der Waals surface area contributed by atoms with Crippen molar-refractivity contribution in [2.45, 2.75) is 38.8 Å². The number of fused-ring (bicyclic) bond motifs is 1. The Kier molecular flexibility index (Phi) is 7.93. The highest BCUT2D eigenvalue weighted by molar-refractivity contribution is 6.49. The number of carbonyl (C=O) groups excluding carboxylic acids is 1. The lowest BCUT2D eigenvalue weighted by atomic mass is 9.93. The Bertz CT molecular complexity index is 1560. The van der Waals surface area contributed by atoms with Gasteiger partial charge in [-0.2, -0.15) is 0 Å². The van der Waals surface area contributed by atoms with Crippen LogP contribution in [-0.2, 0) is 11.3 Å². The molecule has 1 atom stereocenters. The number of hydrogen-bond donors (Lipinski definition) is 2. The van der Waals surface area contributed by atoms with E-state index in [0.717, 1.165) is 47.5 Å². The van der Waals surface area contributed by atoms with Gasteiger partial charge in [0, 0.05) is 41.7 Å². The van der Waals surface area contributed by atoms with Gasteiger partial charge in [-0.25, -0.2) is 4.39 Å². The monoisotopic (exact) mass is 548 g/mol. The molecule has 1 fully saturated rings. The fourth-order valence-corrected chi connectivity index (χ4v) is 5.53. The summed E-state index contributed by atoms with van der Waals surface area (Å²) >= 11 is 0. The van der Waals surface area contributed by atoms with Gasteiger partial charge in [0.15, 0.2) is 0 Å². The Morgan fingerprint density at radius 1 is 0.951 bits per heavy atom. The highest BCUT2D eigenvalue weighted by Crippen LogP contribution is 2.29. The van der Waals surface area contributed by atoms with Crippen LogP contribution in [0.4, 0.5) is 10.1 Å². The van der Waals surface area contributed by atoms with Gasteiger partial charge >= 0.3 is 0 Å². The Hall–Kier alpha value is -4.27. The molecule has 0 unspecified atom stereocenters. The molecule has 2 aromatic carbocycles. The molecule has 4 heterocycles. The summed E-state index contributed by atoms with van der Waals surface area (Å²) in [4.78, 5) is 29.7. The molecule has 4 aromatic rings. The first-order valence-electron chi connectivity index (χ1n) is 14.2. The average molecular weight is 549 g/mol. The number of halogens is 1. The summed E-state index contributed by atoms with van der Waals surface area (Å²) in [7, 11) is 0. The number of anilines is 1. The number of nitrogens with zero attached hydrogens (tertiary/aromatic N) is 4. The minimum Gasteiger partial charge on any atom is -0.319 e. The van der Waals surface area contributed by atoms with Crippen molar-refractivity contribution in [3.8, 4) is 22.4 Å². The van der Waals surface area contributed by atoms with Crippen LogP contribution in [0, 0.1) is 5.82 Å². The molecule has 7 nitrogen and oxygen atoms in total. The lowest BCUT2D eigenvalue weighted by Crippen LogP contribution is -2.29. The van der Waals surface area contributed by atoms with Crippen LogP contribution in [0.2, 0.25) is 0 Å². The van der Waals surface area contributed by atoms with Crippen molar-refractivity contribution in [1.82, 2.24) is 20.2 Å². The van der Waals surface area contributed by atoms with Crippen LogP contribution in [-0.4, -0.2) is 46.2 Å². The zero-order chi connectivity index (χ0) is 28.2. The predicted octanol–water partition coefficient (Wildman–Crippen LogP) is 5.99. The molecule has 41 heavy (non-hydrogen) atoms. The molecule has 208 valence electrons. The Morgan fingerprint density at radius 3 is 2.54 bits per heavy atom. The quantitative estimate of drug-likeness (QED) is 0.310. The number of piperidine rings is 1. The number of aliphatic imine (C=N–C) groups is 1. The predicted molar refractivity (Wildman–Crippen MR) is 160 cm³/mol. The summed E-state index contributed by atoms with van der Waals surface area (Å²) in [6.07, 6.45) is 9.25. The maximum Gasteiger partial charge on any atom is 0.274 e. The number of carbonyl (C=O) groups is 1. The largest absolute Gasteiger partial charge is 0.319 e. The van der Waals surface area contributed by atoms with E-state index in [0.29, 0.717) is 23.8 Å². The average Bonchev–Trinajstić information content (AvgIpc) is 3.17. The van der Waals surface area contributed by atoms with Crippen LogP contribution < -0.4 is 10.6 Å². The van der Waals surface area contributed by atoms with Crippen molar-refractivity contribution in [2.24, 2.45) is 4.99 Å². The summed E-state index contributed by atoms with van der Waals surface area (Å²) in [5, 5.41) is 6.33. The van der Waals surface area contributed by atoms with Crippen molar-refractivity contribution >= 4 is 17.3 Å². The first-order chi connectivity index (χ1) is 20.0. The van der Waals surface area contributed by atoms with E-state index in [1.165, 1.54) is 37.0 Å². The fraction of sp³-hybridized carbons (Fsp3) is 0.273. The number of benzene rings is 2. The number of aromatic nitrogens is 2. The standard InChI is InChI=1S/C33H33FN6O/c1-22-29-11-7-25(26-15-23(17-35-18-26)20-40-13-3-2-4-14-40)16-30(29)32(38-21-37-22)33(41)39-28-10-12-31(36-19-28)24-5-8-27(34)9-6-24/h5-12,15-19,22,37H,2-4,13-14,20-21H2,1H3,(H,39,41)/t22-/m1/s1. The molecule has 0 saturated carbocycles. The van der Waals surface area contributed by atoms with Gasteiger partial charge in [0.1, 0.15) is 11.5 Å². The zero-order valence-electron chi connectivity index (χ0n) is 23.1. The third kappa shape index (κ3) is 6.24. The maximum absolute atomic E-state index is 13.5. The molecule has 6 rings (SSSR count). The van der Waals surface area contributed by atoms with E-state index in [9.17, 15) is 9.18 Å². The highest BCUT2D eigenvalue weighted by atomic mass is 19.1. The van der Waals surface area contributed by atoms with Gasteiger partial charge in [-0.3, -0.25) is 30.0 Å². The van der Waals surface area contributed by atoms with Crippen molar-refractivity contribution in [1.29, 1.82) is 0 Å². The Morgan fingerprint density at radius 2 is 1.76 bits per heavy atom. The highest BCUT2D eigenvalue weighted by Gasteiger charge is 2.24. The van der Waals surface area contributed by atoms with Crippen molar-refractivity contribution < 1.29 is 9.18 Å². The van der Waals surface area contributed by atoms with Crippen LogP contribution in [0.1, 0.15) is 48.9 Å². The summed E-state index contributed by atoms with van der Waals surface area (Å²) in [5.41, 5.74) is 7.45. The van der Waals surface area contributed by atoms with E-state index in [4.69, 9.17) is 0 Å². The summed E-state index contributed by atoms with van der Waals surface area (Å²) < 4.78 is 13.3. The van der Waals surface area contributed by atoms with Gasteiger partial charge in [0.05, 0.1) is 24.2 Å². The van der Waals surface area contributed by atoms with Crippen molar-refractivity contribution in [2.75, 3.05) is 25.1 Å². The molecule has 2 N–H and O–H groups in total. The van der Waals surface area contributed by atoms with E-state index in [1.807, 2.05) is 12.4 Å². The van der Waals surface area contributed by atoms with Gasteiger partial charge < -0.3 is 5.32 Å². The zero-order valence-corrected chi connectivity index (χ0v) is 23.1. The molecule has 1 saturated heterocycles. The number of amides is 1. The second-order valence-electron chi connectivity index (χ2n) is 10.7. The normalized spacial score (nSPS) is 17.3. The number of nitrogens with one attached hydrogen (secondary N) is 2. The van der Waals surface area contributed by atoms with Gasteiger partial charge in [-0.05, 0) is 98.1 Å². The third-order valence-electron chi connectivity index (χ3n) is 7.77. The smallest absolute Gasteiger partial charge is 0.274 e. The fourth-order valence-electron chi connectivity index (χ4n) is 5.53. The molecular weight excluding hydrogens is 515 g/mol. The first kappa shape index (κ1) is 26.9. The van der Waals surface area contributed by atoms with Gasteiger partial charge in [-0.15, -0.1) is 0 Å². The Balaban J connectivity index is 1.24.